The van der Waals surface area contributed by atoms with Gasteiger partial charge in [0, 0.05) is 6.54 Å². The Morgan fingerprint density at radius 3 is 2.86 bits per heavy atom. The summed E-state index contributed by atoms with van der Waals surface area (Å²) in [6.07, 6.45) is 5.60. The van der Waals surface area contributed by atoms with Crippen molar-refractivity contribution in [1.82, 2.24) is 0 Å². The summed E-state index contributed by atoms with van der Waals surface area (Å²) in [7, 11) is 0. The molecule has 1 aliphatic carbocycles. The highest BCUT2D eigenvalue weighted by Gasteiger charge is 2.24. The van der Waals surface area contributed by atoms with Gasteiger partial charge in [-0.05, 0) is 30.9 Å². The van der Waals surface area contributed by atoms with Gasteiger partial charge in [-0.25, -0.2) is 4.39 Å². The standard InChI is InChI=1S/C17H26FNO2/c1-2-13-7-3-6-10-17(13)21-12-14(20)11-19-16-9-5-4-8-15(16)18/h4-5,8-9,13-14,17,19-20H,2-3,6-7,10-12H2,1H3. The van der Waals surface area contributed by atoms with Crippen LogP contribution in [0, 0.1) is 11.7 Å². The van der Waals surface area contributed by atoms with Crippen molar-refractivity contribution >= 4 is 5.69 Å². The second-order valence-electron chi connectivity index (χ2n) is 5.84. The van der Waals surface area contributed by atoms with Crippen LogP contribution < -0.4 is 5.32 Å². The summed E-state index contributed by atoms with van der Waals surface area (Å²) in [5.74, 6) is 0.314. The van der Waals surface area contributed by atoms with Crippen LogP contribution >= 0.6 is 0 Å². The number of halogens is 1. The van der Waals surface area contributed by atoms with E-state index in [-0.39, 0.29) is 11.9 Å². The second-order valence-corrected chi connectivity index (χ2v) is 5.84. The molecule has 0 amide bonds. The van der Waals surface area contributed by atoms with Crippen LogP contribution in [0.1, 0.15) is 39.0 Å². The number of rotatable bonds is 7. The normalized spacial score (nSPS) is 23.8. The molecule has 118 valence electrons. The Morgan fingerprint density at radius 2 is 2.10 bits per heavy atom. The highest BCUT2D eigenvalue weighted by atomic mass is 19.1. The van der Waals surface area contributed by atoms with Crippen LogP contribution in [0.4, 0.5) is 10.1 Å². The Bertz CT molecular complexity index is 427. The van der Waals surface area contributed by atoms with Crippen molar-refractivity contribution in [3.05, 3.63) is 30.1 Å². The Morgan fingerprint density at radius 1 is 1.33 bits per heavy atom. The smallest absolute Gasteiger partial charge is 0.146 e. The molecule has 3 nitrogen and oxygen atoms in total. The molecule has 21 heavy (non-hydrogen) atoms. The molecule has 1 fully saturated rings. The first-order valence-corrected chi connectivity index (χ1v) is 7.98. The van der Waals surface area contributed by atoms with Gasteiger partial charge in [0.2, 0.25) is 0 Å². The molecular weight excluding hydrogens is 269 g/mol. The zero-order valence-electron chi connectivity index (χ0n) is 12.7. The van der Waals surface area contributed by atoms with Gasteiger partial charge < -0.3 is 15.2 Å². The first-order valence-electron chi connectivity index (χ1n) is 7.98. The minimum absolute atomic E-state index is 0.270. The lowest BCUT2D eigenvalue weighted by molar-refractivity contribution is -0.0473. The number of benzene rings is 1. The van der Waals surface area contributed by atoms with E-state index in [1.807, 2.05) is 0 Å². The monoisotopic (exact) mass is 295 g/mol. The van der Waals surface area contributed by atoms with Crippen LogP contribution in [-0.2, 0) is 4.74 Å². The zero-order chi connectivity index (χ0) is 15.1. The Balaban J connectivity index is 1.72. The molecule has 2 rings (SSSR count). The van der Waals surface area contributed by atoms with E-state index in [1.54, 1.807) is 18.2 Å². The lowest BCUT2D eigenvalue weighted by Crippen LogP contribution is -2.33. The Labute approximate surface area is 126 Å². The van der Waals surface area contributed by atoms with Crippen molar-refractivity contribution in [3.63, 3.8) is 0 Å². The summed E-state index contributed by atoms with van der Waals surface area (Å²) in [5, 5.41) is 12.9. The summed E-state index contributed by atoms with van der Waals surface area (Å²) in [4.78, 5) is 0. The molecule has 0 aromatic heterocycles. The average Bonchev–Trinajstić information content (AvgIpc) is 2.52. The maximum absolute atomic E-state index is 13.4. The predicted molar refractivity (Wildman–Crippen MR) is 82.9 cm³/mol. The molecular formula is C17H26FNO2. The van der Waals surface area contributed by atoms with Gasteiger partial charge in [-0.15, -0.1) is 0 Å². The highest BCUT2D eigenvalue weighted by molar-refractivity contribution is 5.44. The van der Waals surface area contributed by atoms with E-state index in [1.165, 1.54) is 25.3 Å². The zero-order valence-corrected chi connectivity index (χ0v) is 12.7. The van der Waals surface area contributed by atoms with Crippen LogP contribution in [0.25, 0.3) is 0 Å². The van der Waals surface area contributed by atoms with Crippen LogP contribution in [-0.4, -0.2) is 30.5 Å². The van der Waals surface area contributed by atoms with E-state index in [2.05, 4.69) is 12.2 Å². The minimum Gasteiger partial charge on any atom is -0.389 e. The number of para-hydroxylation sites is 1. The van der Waals surface area contributed by atoms with Gasteiger partial charge in [0.05, 0.1) is 24.5 Å². The number of hydrogen-bond acceptors (Lipinski definition) is 3. The SMILES string of the molecule is CCC1CCCCC1OCC(O)CNc1ccccc1F. The van der Waals surface area contributed by atoms with Gasteiger partial charge in [-0.3, -0.25) is 0 Å². The van der Waals surface area contributed by atoms with Crippen LogP contribution in [0.3, 0.4) is 0 Å². The number of aliphatic hydroxyl groups is 1. The van der Waals surface area contributed by atoms with E-state index in [0.717, 1.165) is 12.8 Å². The maximum Gasteiger partial charge on any atom is 0.146 e. The van der Waals surface area contributed by atoms with Gasteiger partial charge in [0.25, 0.3) is 0 Å². The topological polar surface area (TPSA) is 41.5 Å². The predicted octanol–water partition coefficient (Wildman–Crippen LogP) is 3.58. The average molecular weight is 295 g/mol. The third kappa shape index (κ3) is 4.97. The Hall–Kier alpha value is -1.13. The molecule has 1 saturated carbocycles. The largest absolute Gasteiger partial charge is 0.389 e. The lowest BCUT2D eigenvalue weighted by Gasteiger charge is -2.31. The summed E-state index contributed by atoms with van der Waals surface area (Å²) in [5.41, 5.74) is 0.417. The molecule has 0 heterocycles. The number of aliphatic hydroxyl groups excluding tert-OH is 1. The number of nitrogens with one attached hydrogen (secondary N) is 1. The summed E-state index contributed by atoms with van der Waals surface area (Å²) in [6, 6.07) is 6.48. The third-order valence-corrected chi connectivity index (χ3v) is 4.27. The first-order chi connectivity index (χ1) is 10.2. The Kier molecular flexibility index (Phi) is 6.46. The molecule has 0 bridgehead atoms. The molecule has 1 aromatic carbocycles. The van der Waals surface area contributed by atoms with Gasteiger partial charge in [0.1, 0.15) is 5.82 Å². The minimum atomic E-state index is -0.621. The number of ether oxygens (including phenoxy) is 1. The van der Waals surface area contributed by atoms with Crippen LogP contribution in [0.2, 0.25) is 0 Å². The van der Waals surface area contributed by atoms with Gasteiger partial charge in [-0.2, -0.15) is 0 Å². The van der Waals surface area contributed by atoms with Gasteiger partial charge >= 0.3 is 0 Å². The molecule has 3 atom stereocenters. The number of anilines is 1. The summed E-state index contributed by atoms with van der Waals surface area (Å²) >= 11 is 0. The van der Waals surface area contributed by atoms with Crippen molar-refractivity contribution < 1.29 is 14.2 Å². The van der Waals surface area contributed by atoms with Crippen LogP contribution in [0.5, 0.6) is 0 Å². The van der Waals surface area contributed by atoms with E-state index in [0.29, 0.717) is 24.8 Å². The fraction of sp³-hybridized carbons (Fsp3) is 0.647. The van der Waals surface area contributed by atoms with Crippen molar-refractivity contribution in [3.8, 4) is 0 Å². The fourth-order valence-corrected chi connectivity index (χ4v) is 2.99. The lowest BCUT2D eigenvalue weighted by atomic mass is 9.85. The van der Waals surface area contributed by atoms with E-state index in [4.69, 9.17) is 4.74 Å². The molecule has 4 heteroatoms. The van der Waals surface area contributed by atoms with Crippen molar-refractivity contribution in [2.24, 2.45) is 5.92 Å². The molecule has 0 radical (unpaired) electrons. The quantitative estimate of drug-likeness (QED) is 0.808. The molecule has 1 aromatic rings. The summed E-state index contributed by atoms with van der Waals surface area (Å²) in [6.45, 7) is 2.80. The van der Waals surface area contributed by atoms with Crippen molar-refractivity contribution in [2.75, 3.05) is 18.5 Å². The molecule has 2 N–H and O–H groups in total. The maximum atomic E-state index is 13.4. The van der Waals surface area contributed by atoms with Gasteiger partial charge in [0.15, 0.2) is 0 Å². The molecule has 0 spiro atoms. The first kappa shape index (κ1) is 16.2. The third-order valence-electron chi connectivity index (χ3n) is 4.27. The van der Waals surface area contributed by atoms with E-state index in [9.17, 15) is 9.50 Å². The molecule has 0 aliphatic heterocycles. The molecule has 1 aliphatic rings. The molecule has 0 saturated heterocycles. The van der Waals surface area contributed by atoms with E-state index < -0.39 is 6.10 Å². The van der Waals surface area contributed by atoms with Crippen LogP contribution in [0.15, 0.2) is 24.3 Å². The number of hydrogen-bond donors (Lipinski definition) is 2. The summed E-state index contributed by atoms with van der Waals surface area (Å²) < 4.78 is 19.3. The molecule has 3 unspecified atom stereocenters. The van der Waals surface area contributed by atoms with Gasteiger partial charge in [-0.1, -0.05) is 38.3 Å². The van der Waals surface area contributed by atoms with Crippen molar-refractivity contribution in [2.45, 2.75) is 51.2 Å². The fourth-order valence-electron chi connectivity index (χ4n) is 2.99. The van der Waals surface area contributed by atoms with Crippen molar-refractivity contribution in [1.29, 1.82) is 0 Å². The highest BCUT2D eigenvalue weighted by Crippen LogP contribution is 2.29. The second kappa shape index (κ2) is 8.35. The van der Waals surface area contributed by atoms with E-state index >= 15 is 0 Å².